The molecule has 1 heterocycles. The third-order valence-corrected chi connectivity index (χ3v) is 3.27. The highest BCUT2D eigenvalue weighted by Crippen LogP contribution is 2.28. The van der Waals surface area contributed by atoms with Crippen LogP contribution in [0.5, 0.6) is 0 Å². The summed E-state index contributed by atoms with van der Waals surface area (Å²) < 4.78 is 5.32. The van der Waals surface area contributed by atoms with Gasteiger partial charge < -0.3 is 15.1 Å². The molecule has 0 atom stereocenters. The van der Waals surface area contributed by atoms with E-state index in [1.807, 2.05) is 12.1 Å². The maximum absolute atomic E-state index is 5.32. The molecule has 0 radical (unpaired) electrons. The van der Waals surface area contributed by atoms with E-state index in [1.54, 1.807) is 6.26 Å². The van der Waals surface area contributed by atoms with Crippen LogP contribution < -0.4 is 10.6 Å². The number of hydrogen-bond donors (Lipinski definition) is 2. The Morgan fingerprint density at radius 2 is 2.21 bits per heavy atom. The van der Waals surface area contributed by atoms with Gasteiger partial charge in [0.15, 0.2) is 5.96 Å². The van der Waals surface area contributed by atoms with Crippen molar-refractivity contribution in [3.05, 3.63) is 24.2 Å². The zero-order valence-electron chi connectivity index (χ0n) is 11.8. The van der Waals surface area contributed by atoms with E-state index < -0.39 is 0 Å². The molecule has 2 N–H and O–H groups in total. The lowest BCUT2D eigenvalue weighted by Gasteiger charge is -2.11. The van der Waals surface area contributed by atoms with Crippen molar-refractivity contribution in [1.29, 1.82) is 0 Å². The molecule has 1 aliphatic carbocycles. The van der Waals surface area contributed by atoms with Crippen molar-refractivity contribution in [2.75, 3.05) is 19.6 Å². The summed E-state index contributed by atoms with van der Waals surface area (Å²) in [5.41, 5.74) is 0. The first-order valence-corrected chi connectivity index (χ1v) is 7.43. The van der Waals surface area contributed by atoms with Gasteiger partial charge in [0.05, 0.1) is 6.26 Å². The molecule has 1 aromatic rings. The fraction of sp³-hybridized carbons (Fsp3) is 0.667. The van der Waals surface area contributed by atoms with Gasteiger partial charge in [-0.05, 0) is 37.3 Å². The van der Waals surface area contributed by atoms with Crippen molar-refractivity contribution in [2.45, 2.75) is 39.0 Å². The summed E-state index contributed by atoms with van der Waals surface area (Å²) in [7, 11) is 0. The number of unbranched alkanes of at least 4 members (excludes halogenated alkanes) is 1. The molecule has 0 saturated heterocycles. The van der Waals surface area contributed by atoms with Crippen molar-refractivity contribution in [3.63, 3.8) is 0 Å². The Morgan fingerprint density at radius 3 is 2.89 bits per heavy atom. The molecule has 4 nitrogen and oxygen atoms in total. The van der Waals surface area contributed by atoms with Crippen LogP contribution in [0.3, 0.4) is 0 Å². The van der Waals surface area contributed by atoms with E-state index >= 15 is 0 Å². The summed E-state index contributed by atoms with van der Waals surface area (Å²) in [6.07, 6.45) is 7.69. The van der Waals surface area contributed by atoms with E-state index in [9.17, 15) is 0 Å². The van der Waals surface area contributed by atoms with Gasteiger partial charge >= 0.3 is 0 Å². The van der Waals surface area contributed by atoms with Gasteiger partial charge in [0.2, 0.25) is 0 Å². The number of aliphatic imine (C=N–C) groups is 1. The molecule has 1 fully saturated rings. The van der Waals surface area contributed by atoms with E-state index in [0.717, 1.165) is 43.7 Å². The molecule has 2 rings (SSSR count). The number of hydrogen-bond acceptors (Lipinski definition) is 2. The highest BCUT2D eigenvalue weighted by atomic mass is 16.3. The third-order valence-electron chi connectivity index (χ3n) is 3.27. The summed E-state index contributed by atoms with van der Waals surface area (Å²) >= 11 is 0. The van der Waals surface area contributed by atoms with Gasteiger partial charge in [-0.1, -0.05) is 13.3 Å². The molecule has 1 aliphatic rings. The van der Waals surface area contributed by atoms with Crippen LogP contribution in [0.25, 0.3) is 0 Å². The van der Waals surface area contributed by atoms with Crippen molar-refractivity contribution in [2.24, 2.45) is 10.9 Å². The quantitative estimate of drug-likeness (QED) is 0.430. The summed E-state index contributed by atoms with van der Waals surface area (Å²) in [6, 6.07) is 3.93. The molecule has 19 heavy (non-hydrogen) atoms. The van der Waals surface area contributed by atoms with Crippen LogP contribution in [0.1, 0.15) is 38.4 Å². The van der Waals surface area contributed by atoms with Gasteiger partial charge in [-0.25, -0.2) is 0 Å². The molecule has 0 aromatic carbocycles. The Labute approximate surface area is 115 Å². The second kappa shape index (κ2) is 7.87. The van der Waals surface area contributed by atoms with Gasteiger partial charge in [-0.3, -0.25) is 4.99 Å². The zero-order valence-corrected chi connectivity index (χ0v) is 11.8. The number of furan rings is 1. The number of nitrogens with one attached hydrogen (secondary N) is 2. The highest BCUT2D eigenvalue weighted by Gasteiger charge is 2.20. The Bertz CT molecular complexity index is 369. The fourth-order valence-corrected chi connectivity index (χ4v) is 1.84. The van der Waals surface area contributed by atoms with Crippen molar-refractivity contribution in [1.82, 2.24) is 10.6 Å². The van der Waals surface area contributed by atoms with E-state index in [1.165, 1.54) is 25.7 Å². The Balaban J connectivity index is 1.70. The monoisotopic (exact) mass is 263 g/mol. The van der Waals surface area contributed by atoms with E-state index in [4.69, 9.17) is 4.42 Å². The predicted octanol–water partition coefficient (Wildman–Crippen LogP) is 2.57. The van der Waals surface area contributed by atoms with Crippen LogP contribution in [0.2, 0.25) is 0 Å². The van der Waals surface area contributed by atoms with Gasteiger partial charge in [-0.2, -0.15) is 0 Å². The number of nitrogens with zero attached hydrogens (tertiary/aromatic N) is 1. The minimum atomic E-state index is 0.829. The van der Waals surface area contributed by atoms with Crippen molar-refractivity contribution >= 4 is 5.96 Å². The lowest BCUT2D eigenvalue weighted by Crippen LogP contribution is -2.39. The van der Waals surface area contributed by atoms with Crippen LogP contribution in [0, 0.1) is 5.92 Å². The minimum absolute atomic E-state index is 0.829. The number of guanidine groups is 1. The smallest absolute Gasteiger partial charge is 0.191 e. The third kappa shape index (κ3) is 5.81. The van der Waals surface area contributed by atoms with E-state index in [2.05, 4.69) is 22.5 Å². The van der Waals surface area contributed by atoms with Gasteiger partial charge in [-0.15, -0.1) is 0 Å². The molecular formula is C15H25N3O. The second-order valence-electron chi connectivity index (χ2n) is 5.17. The molecule has 4 heteroatoms. The molecule has 1 aromatic heterocycles. The van der Waals surface area contributed by atoms with Gasteiger partial charge in [0.25, 0.3) is 0 Å². The molecule has 0 bridgehead atoms. The maximum atomic E-state index is 5.32. The fourth-order valence-electron chi connectivity index (χ4n) is 1.84. The zero-order chi connectivity index (χ0) is 13.3. The predicted molar refractivity (Wildman–Crippen MR) is 78.4 cm³/mol. The summed E-state index contributed by atoms with van der Waals surface area (Å²) in [6.45, 7) is 5.01. The molecule has 0 spiro atoms. The lowest BCUT2D eigenvalue weighted by molar-refractivity contribution is 0.506. The summed E-state index contributed by atoms with van der Waals surface area (Å²) in [5.74, 6) is 2.80. The standard InChI is InChI=1S/C15H25N3O/c1-2-3-9-16-15(18-12-13-6-7-13)17-10-8-14-5-4-11-19-14/h4-5,11,13H,2-3,6-10,12H2,1H3,(H2,16,17,18). The Morgan fingerprint density at radius 1 is 1.37 bits per heavy atom. The second-order valence-corrected chi connectivity index (χ2v) is 5.17. The van der Waals surface area contributed by atoms with Crippen LogP contribution in [0.15, 0.2) is 27.8 Å². The van der Waals surface area contributed by atoms with Crippen LogP contribution >= 0.6 is 0 Å². The summed E-state index contributed by atoms with van der Waals surface area (Å²) in [4.78, 5) is 4.64. The average Bonchev–Trinajstić information content (AvgIpc) is 3.11. The van der Waals surface area contributed by atoms with Gasteiger partial charge in [0, 0.05) is 26.1 Å². The van der Waals surface area contributed by atoms with Crippen LogP contribution in [0.4, 0.5) is 0 Å². The molecule has 1 saturated carbocycles. The first kappa shape index (κ1) is 14.0. The van der Waals surface area contributed by atoms with E-state index in [0.29, 0.717) is 0 Å². The maximum Gasteiger partial charge on any atom is 0.191 e. The van der Waals surface area contributed by atoms with Gasteiger partial charge in [0.1, 0.15) is 5.76 Å². The summed E-state index contributed by atoms with van der Waals surface area (Å²) in [5, 5.41) is 6.77. The topological polar surface area (TPSA) is 49.6 Å². The van der Waals surface area contributed by atoms with Crippen LogP contribution in [-0.4, -0.2) is 25.6 Å². The number of rotatable bonds is 8. The first-order chi connectivity index (χ1) is 9.38. The normalized spacial score (nSPS) is 15.5. The average molecular weight is 263 g/mol. The Hall–Kier alpha value is -1.45. The van der Waals surface area contributed by atoms with Crippen molar-refractivity contribution < 1.29 is 4.42 Å². The highest BCUT2D eigenvalue weighted by molar-refractivity contribution is 5.79. The minimum Gasteiger partial charge on any atom is -0.469 e. The van der Waals surface area contributed by atoms with E-state index in [-0.39, 0.29) is 0 Å². The molecule has 0 amide bonds. The molecule has 106 valence electrons. The molecule has 0 aliphatic heterocycles. The van der Waals surface area contributed by atoms with Crippen LogP contribution in [-0.2, 0) is 6.42 Å². The lowest BCUT2D eigenvalue weighted by atomic mass is 10.3. The molecular weight excluding hydrogens is 238 g/mol. The SMILES string of the molecule is CCCCNC(=NCC1CC1)NCCc1ccco1. The largest absolute Gasteiger partial charge is 0.469 e. The Kier molecular flexibility index (Phi) is 5.79. The van der Waals surface area contributed by atoms with Crippen molar-refractivity contribution in [3.8, 4) is 0 Å². The first-order valence-electron chi connectivity index (χ1n) is 7.43. The molecule has 0 unspecified atom stereocenters.